The van der Waals surface area contributed by atoms with Crippen molar-refractivity contribution in [1.82, 2.24) is 15.5 Å². The minimum atomic E-state index is 0.0395. The van der Waals surface area contributed by atoms with Gasteiger partial charge in [0.05, 0.1) is 13.2 Å². The van der Waals surface area contributed by atoms with Crippen molar-refractivity contribution in [2.45, 2.75) is 32.0 Å². The summed E-state index contributed by atoms with van der Waals surface area (Å²) in [5, 5.41) is 23.2. The summed E-state index contributed by atoms with van der Waals surface area (Å²) >= 11 is 0. The highest BCUT2D eigenvalue weighted by atomic mass is 16.4. The number of aromatic nitrogens is 2. The van der Waals surface area contributed by atoms with Crippen LogP contribution in [0.25, 0.3) is 0 Å². The number of rotatable bonds is 6. The van der Waals surface area contributed by atoms with Crippen LogP contribution in [0, 0.1) is 0 Å². The zero-order valence-electron chi connectivity index (χ0n) is 10.5. The predicted octanol–water partition coefficient (Wildman–Crippen LogP) is 1.56. The fourth-order valence-corrected chi connectivity index (χ4v) is 1.71. The zero-order valence-corrected chi connectivity index (χ0v) is 10.5. The van der Waals surface area contributed by atoms with Crippen LogP contribution in [0.2, 0.25) is 0 Å². The van der Waals surface area contributed by atoms with Gasteiger partial charge in [-0.15, -0.1) is 5.10 Å². The monoisotopic (exact) mass is 260 g/mol. The standard InChI is InChI=1S/C13H16N4O2/c18-8-9-1-3-11(4-2-9)15-13-17-16-12(19-13)7-14-10-5-6-10/h1-4,10,14,18H,5-8H2,(H,15,17). The summed E-state index contributed by atoms with van der Waals surface area (Å²) in [5.41, 5.74) is 1.72. The Morgan fingerprint density at radius 2 is 2.00 bits per heavy atom. The van der Waals surface area contributed by atoms with Gasteiger partial charge in [0.15, 0.2) is 0 Å². The summed E-state index contributed by atoms with van der Waals surface area (Å²) in [4.78, 5) is 0. The van der Waals surface area contributed by atoms with Gasteiger partial charge in [0.25, 0.3) is 0 Å². The lowest BCUT2D eigenvalue weighted by molar-refractivity contribution is 0.282. The van der Waals surface area contributed by atoms with Crippen molar-refractivity contribution < 1.29 is 9.52 Å². The van der Waals surface area contributed by atoms with E-state index in [0.717, 1.165) is 11.3 Å². The Hall–Kier alpha value is -1.92. The fraction of sp³-hybridized carbons (Fsp3) is 0.385. The van der Waals surface area contributed by atoms with Crippen LogP contribution in [0.4, 0.5) is 11.7 Å². The van der Waals surface area contributed by atoms with Gasteiger partial charge in [0, 0.05) is 11.7 Å². The van der Waals surface area contributed by atoms with E-state index in [9.17, 15) is 0 Å². The van der Waals surface area contributed by atoms with Gasteiger partial charge >= 0.3 is 6.01 Å². The molecule has 6 nitrogen and oxygen atoms in total. The summed E-state index contributed by atoms with van der Waals surface area (Å²) in [7, 11) is 0. The molecule has 0 aliphatic heterocycles. The van der Waals surface area contributed by atoms with Crippen molar-refractivity contribution in [3.8, 4) is 0 Å². The maximum Gasteiger partial charge on any atom is 0.320 e. The molecule has 100 valence electrons. The van der Waals surface area contributed by atoms with Crippen molar-refractivity contribution in [2.75, 3.05) is 5.32 Å². The van der Waals surface area contributed by atoms with Crippen LogP contribution in [0.5, 0.6) is 0 Å². The Kier molecular flexibility index (Phi) is 3.43. The zero-order chi connectivity index (χ0) is 13.1. The molecular formula is C13H16N4O2. The third kappa shape index (κ3) is 3.30. The van der Waals surface area contributed by atoms with Crippen LogP contribution in [0.15, 0.2) is 28.7 Å². The number of aliphatic hydroxyl groups is 1. The molecule has 1 aromatic heterocycles. The number of nitrogens with one attached hydrogen (secondary N) is 2. The Labute approximate surface area is 110 Å². The second-order valence-corrected chi connectivity index (χ2v) is 4.64. The molecule has 0 unspecified atom stereocenters. The van der Waals surface area contributed by atoms with E-state index < -0.39 is 0 Å². The van der Waals surface area contributed by atoms with E-state index in [1.165, 1.54) is 12.8 Å². The molecule has 0 atom stereocenters. The normalized spacial score (nSPS) is 14.6. The summed E-state index contributed by atoms with van der Waals surface area (Å²) < 4.78 is 5.48. The smallest absolute Gasteiger partial charge is 0.320 e. The highest BCUT2D eigenvalue weighted by Gasteiger charge is 2.21. The molecule has 0 amide bonds. The maximum absolute atomic E-state index is 8.96. The molecule has 19 heavy (non-hydrogen) atoms. The molecule has 1 heterocycles. The molecular weight excluding hydrogens is 244 g/mol. The molecule has 0 radical (unpaired) electrons. The number of anilines is 2. The van der Waals surface area contributed by atoms with Gasteiger partial charge in [-0.1, -0.05) is 17.2 Å². The molecule has 1 fully saturated rings. The first-order valence-electron chi connectivity index (χ1n) is 6.36. The van der Waals surface area contributed by atoms with E-state index in [0.29, 0.717) is 24.5 Å². The van der Waals surface area contributed by atoms with E-state index in [1.54, 1.807) is 0 Å². The number of hydrogen-bond donors (Lipinski definition) is 3. The van der Waals surface area contributed by atoms with Crippen LogP contribution in [0.3, 0.4) is 0 Å². The second kappa shape index (κ2) is 5.38. The van der Waals surface area contributed by atoms with E-state index in [-0.39, 0.29) is 6.61 Å². The van der Waals surface area contributed by atoms with Gasteiger partial charge in [0.1, 0.15) is 0 Å². The Bertz CT molecular complexity index is 534. The third-order valence-electron chi connectivity index (χ3n) is 2.97. The lowest BCUT2D eigenvalue weighted by Crippen LogP contribution is -2.15. The number of nitrogens with zero attached hydrogens (tertiary/aromatic N) is 2. The molecule has 1 aliphatic rings. The summed E-state index contributed by atoms with van der Waals surface area (Å²) in [6.45, 7) is 0.653. The molecule has 0 bridgehead atoms. The minimum Gasteiger partial charge on any atom is -0.406 e. The van der Waals surface area contributed by atoms with Crippen LogP contribution in [-0.2, 0) is 13.2 Å². The Balaban J connectivity index is 1.58. The van der Waals surface area contributed by atoms with Crippen LogP contribution in [-0.4, -0.2) is 21.3 Å². The van der Waals surface area contributed by atoms with Gasteiger partial charge in [-0.2, -0.15) is 0 Å². The fourth-order valence-electron chi connectivity index (χ4n) is 1.71. The van der Waals surface area contributed by atoms with E-state index in [4.69, 9.17) is 9.52 Å². The first-order chi connectivity index (χ1) is 9.33. The maximum atomic E-state index is 8.96. The van der Waals surface area contributed by atoms with Crippen LogP contribution < -0.4 is 10.6 Å². The molecule has 3 N–H and O–H groups in total. The minimum absolute atomic E-state index is 0.0395. The molecule has 1 saturated carbocycles. The van der Waals surface area contributed by atoms with E-state index in [2.05, 4.69) is 20.8 Å². The van der Waals surface area contributed by atoms with E-state index >= 15 is 0 Å². The van der Waals surface area contributed by atoms with Crippen LogP contribution in [0.1, 0.15) is 24.3 Å². The third-order valence-corrected chi connectivity index (χ3v) is 2.97. The van der Waals surface area contributed by atoms with Gasteiger partial charge in [-0.25, -0.2) is 0 Å². The average molecular weight is 260 g/mol. The molecule has 6 heteroatoms. The first kappa shape index (κ1) is 12.1. The summed E-state index contributed by atoms with van der Waals surface area (Å²) in [5.74, 6) is 0.585. The lowest BCUT2D eigenvalue weighted by Gasteiger charge is -2.02. The first-order valence-corrected chi connectivity index (χ1v) is 6.36. The van der Waals surface area contributed by atoms with Crippen molar-refractivity contribution >= 4 is 11.7 Å². The highest BCUT2D eigenvalue weighted by Crippen LogP contribution is 2.20. The Morgan fingerprint density at radius 3 is 2.68 bits per heavy atom. The SMILES string of the molecule is OCc1ccc(Nc2nnc(CNC3CC3)o2)cc1. The van der Waals surface area contributed by atoms with E-state index in [1.807, 2.05) is 24.3 Å². The largest absolute Gasteiger partial charge is 0.406 e. The quantitative estimate of drug-likeness (QED) is 0.731. The number of benzene rings is 1. The lowest BCUT2D eigenvalue weighted by atomic mass is 10.2. The highest BCUT2D eigenvalue weighted by molar-refractivity contribution is 5.52. The van der Waals surface area contributed by atoms with Gasteiger partial charge < -0.3 is 20.2 Å². The van der Waals surface area contributed by atoms with Gasteiger partial charge in [-0.3, -0.25) is 0 Å². The molecule has 1 aliphatic carbocycles. The van der Waals surface area contributed by atoms with Gasteiger partial charge in [0.2, 0.25) is 5.89 Å². The average Bonchev–Trinajstić information content (AvgIpc) is 3.17. The molecule has 0 saturated heterocycles. The molecule has 1 aromatic carbocycles. The number of hydrogen-bond acceptors (Lipinski definition) is 6. The second-order valence-electron chi connectivity index (χ2n) is 4.64. The molecule has 3 rings (SSSR count). The Morgan fingerprint density at radius 1 is 1.21 bits per heavy atom. The number of aliphatic hydroxyl groups excluding tert-OH is 1. The summed E-state index contributed by atoms with van der Waals surface area (Å²) in [6.07, 6.45) is 2.47. The topological polar surface area (TPSA) is 83.2 Å². The molecule has 2 aromatic rings. The van der Waals surface area contributed by atoms with Gasteiger partial charge in [-0.05, 0) is 30.5 Å². The molecule has 0 spiro atoms. The van der Waals surface area contributed by atoms with Crippen molar-refractivity contribution in [3.63, 3.8) is 0 Å². The van der Waals surface area contributed by atoms with Crippen molar-refractivity contribution in [2.24, 2.45) is 0 Å². The van der Waals surface area contributed by atoms with Crippen molar-refractivity contribution in [3.05, 3.63) is 35.7 Å². The predicted molar refractivity (Wildman–Crippen MR) is 69.8 cm³/mol. The van der Waals surface area contributed by atoms with Crippen LogP contribution >= 0.6 is 0 Å². The van der Waals surface area contributed by atoms with Crippen molar-refractivity contribution in [1.29, 1.82) is 0 Å². The summed E-state index contributed by atoms with van der Waals surface area (Å²) in [6, 6.07) is 8.40.